The van der Waals surface area contributed by atoms with Crippen molar-refractivity contribution >= 4 is 27.5 Å². The molecule has 4 atom stereocenters. The minimum Gasteiger partial charge on any atom is -0.508 e. The molecule has 228 valence electrons. The third-order valence-corrected chi connectivity index (χ3v) is 9.09. The number of piperidine rings is 1. The van der Waals surface area contributed by atoms with Gasteiger partial charge in [0.05, 0.1) is 22.6 Å². The third kappa shape index (κ3) is 4.76. The Labute approximate surface area is 251 Å². The van der Waals surface area contributed by atoms with Crippen LogP contribution < -0.4 is 15.4 Å². The van der Waals surface area contributed by atoms with Crippen LogP contribution in [0.15, 0.2) is 30.5 Å². The normalized spacial score (nSPS) is 25.5. The molecular formula is C32H31F3N6O3. The number of aliphatic hydroxyl groups is 1. The van der Waals surface area contributed by atoms with Crippen LogP contribution in [0, 0.1) is 24.0 Å². The van der Waals surface area contributed by atoms with Crippen LogP contribution in [0.3, 0.4) is 0 Å². The summed E-state index contributed by atoms with van der Waals surface area (Å²) in [7, 11) is 0. The molecule has 0 saturated carbocycles. The predicted octanol–water partition coefficient (Wildman–Crippen LogP) is 3.66. The highest BCUT2D eigenvalue weighted by Crippen LogP contribution is 2.42. The Morgan fingerprint density at radius 3 is 2.82 bits per heavy atom. The topological polar surface area (TPSA) is 121 Å². The van der Waals surface area contributed by atoms with Gasteiger partial charge in [0.25, 0.3) is 0 Å². The number of aromatic nitrogens is 3. The zero-order valence-electron chi connectivity index (χ0n) is 23.8. The van der Waals surface area contributed by atoms with E-state index >= 15 is 4.39 Å². The molecule has 0 unspecified atom stereocenters. The van der Waals surface area contributed by atoms with E-state index in [1.807, 2.05) is 0 Å². The summed E-state index contributed by atoms with van der Waals surface area (Å²) in [6.45, 7) is 1.79. The fraction of sp³-hybridized carbons (Fsp3) is 0.406. The average molecular weight is 605 g/mol. The van der Waals surface area contributed by atoms with Crippen molar-refractivity contribution in [3.8, 4) is 35.4 Å². The largest absolute Gasteiger partial charge is 0.508 e. The Balaban J connectivity index is 1.39. The van der Waals surface area contributed by atoms with Gasteiger partial charge in [-0.25, -0.2) is 13.2 Å². The van der Waals surface area contributed by atoms with Gasteiger partial charge >= 0.3 is 6.01 Å². The molecule has 0 aliphatic carbocycles. The van der Waals surface area contributed by atoms with Crippen LogP contribution in [0.2, 0.25) is 0 Å². The number of phenols is 1. The summed E-state index contributed by atoms with van der Waals surface area (Å²) >= 11 is 0. The van der Waals surface area contributed by atoms with Gasteiger partial charge in [-0.05, 0) is 49.4 Å². The van der Waals surface area contributed by atoms with E-state index < -0.39 is 29.4 Å². The van der Waals surface area contributed by atoms with E-state index in [2.05, 4.69) is 25.8 Å². The van der Waals surface area contributed by atoms with Crippen LogP contribution in [0.1, 0.15) is 31.2 Å². The van der Waals surface area contributed by atoms with Crippen LogP contribution in [0.5, 0.6) is 11.8 Å². The summed E-state index contributed by atoms with van der Waals surface area (Å²) in [6.07, 6.45) is 7.78. The van der Waals surface area contributed by atoms with Gasteiger partial charge in [0.15, 0.2) is 5.82 Å². The number of hydrogen-bond acceptors (Lipinski definition) is 9. The maximum atomic E-state index is 16.7. The fourth-order valence-corrected chi connectivity index (χ4v) is 7.20. The molecule has 5 heterocycles. The Morgan fingerprint density at radius 1 is 1.18 bits per heavy atom. The predicted molar refractivity (Wildman–Crippen MR) is 159 cm³/mol. The summed E-state index contributed by atoms with van der Waals surface area (Å²) in [4.78, 5) is 17.3. The molecule has 0 spiro atoms. The molecule has 0 bridgehead atoms. The van der Waals surface area contributed by atoms with Gasteiger partial charge in [-0.3, -0.25) is 9.88 Å². The number of alkyl halides is 1. The van der Waals surface area contributed by atoms with Gasteiger partial charge in [0.1, 0.15) is 41.4 Å². The maximum Gasteiger partial charge on any atom is 0.319 e. The van der Waals surface area contributed by atoms with Crippen molar-refractivity contribution in [3.05, 3.63) is 47.7 Å². The quantitative estimate of drug-likeness (QED) is 0.293. The highest BCUT2D eigenvalue weighted by Gasteiger charge is 2.49. The minimum atomic E-state index is -0.954. The second-order valence-corrected chi connectivity index (χ2v) is 12.1. The van der Waals surface area contributed by atoms with Gasteiger partial charge < -0.3 is 25.6 Å². The molecular weight excluding hydrogens is 573 g/mol. The standard InChI is InChI=1S/C32H31F3N6O3/c1-2-22-25(34)5-4-17-8-20(42)10-23(26(17)22)28-27(35)29-24(12-37-28)30(40-14-19(36)9-21(43)15-40)39-31(38-29)44-16-32-6-3-7-41(32)13-18(33)11-32/h1,4-5,8,10,12,18-19,21,42-43H,3,6-7,9,11,13-16,36H2/t18-,19-,21-,32+/m1/s1. The Bertz CT molecular complexity index is 1820. The van der Waals surface area contributed by atoms with E-state index in [9.17, 15) is 19.0 Å². The first-order chi connectivity index (χ1) is 21.2. The van der Waals surface area contributed by atoms with E-state index in [1.165, 1.54) is 30.5 Å². The zero-order chi connectivity index (χ0) is 30.7. The lowest BCUT2D eigenvalue weighted by Gasteiger charge is -2.35. The van der Waals surface area contributed by atoms with Crippen molar-refractivity contribution in [2.24, 2.45) is 5.73 Å². The lowest BCUT2D eigenvalue weighted by molar-refractivity contribution is 0.107. The highest BCUT2D eigenvalue weighted by molar-refractivity contribution is 6.03. The Hall–Kier alpha value is -4.18. The SMILES string of the molecule is C#Cc1c(F)ccc2cc(O)cc(-c3ncc4c(N5C[C@H](N)C[C@@H](O)C5)nc(OC[C@@]56CCCN5C[C@H](F)C6)nc4c3F)c12. The molecule has 2 aromatic heterocycles. The molecule has 3 aliphatic heterocycles. The summed E-state index contributed by atoms with van der Waals surface area (Å²) < 4.78 is 51.9. The summed E-state index contributed by atoms with van der Waals surface area (Å²) in [5, 5.41) is 21.8. The molecule has 0 amide bonds. The first kappa shape index (κ1) is 28.6. The van der Waals surface area contributed by atoms with Crippen molar-refractivity contribution in [2.45, 2.75) is 49.5 Å². The smallest absolute Gasteiger partial charge is 0.319 e. The van der Waals surface area contributed by atoms with Crippen LogP contribution in [0.25, 0.3) is 32.9 Å². The van der Waals surface area contributed by atoms with Gasteiger partial charge in [-0.15, -0.1) is 6.42 Å². The number of benzene rings is 2. The van der Waals surface area contributed by atoms with Gasteiger partial charge in [-0.1, -0.05) is 12.0 Å². The Morgan fingerprint density at radius 2 is 2.02 bits per heavy atom. The molecule has 44 heavy (non-hydrogen) atoms. The van der Waals surface area contributed by atoms with Gasteiger partial charge in [-0.2, -0.15) is 9.97 Å². The molecule has 2 aromatic carbocycles. The number of nitrogens with zero attached hydrogens (tertiary/aromatic N) is 5. The number of fused-ring (bicyclic) bond motifs is 3. The van der Waals surface area contributed by atoms with Crippen molar-refractivity contribution in [3.63, 3.8) is 0 Å². The summed E-state index contributed by atoms with van der Waals surface area (Å²) in [6, 6.07) is 4.85. The van der Waals surface area contributed by atoms with Crippen molar-refractivity contribution in [1.82, 2.24) is 19.9 Å². The number of aromatic hydroxyl groups is 1. The lowest BCUT2D eigenvalue weighted by Crippen LogP contribution is -2.49. The van der Waals surface area contributed by atoms with Gasteiger partial charge in [0.2, 0.25) is 0 Å². The Kier molecular flexibility index (Phi) is 6.99. The monoisotopic (exact) mass is 604 g/mol. The first-order valence-electron chi connectivity index (χ1n) is 14.6. The molecule has 3 fully saturated rings. The second-order valence-electron chi connectivity index (χ2n) is 12.1. The molecule has 12 heteroatoms. The van der Waals surface area contributed by atoms with E-state index in [1.54, 1.807) is 4.90 Å². The number of pyridine rings is 1. The molecule has 3 saturated heterocycles. The lowest BCUT2D eigenvalue weighted by atomic mass is 9.95. The van der Waals surface area contributed by atoms with E-state index in [0.717, 1.165) is 19.4 Å². The van der Waals surface area contributed by atoms with Crippen molar-refractivity contribution < 1.29 is 28.1 Å². The van der Waals surface area contributed by atoms with Crippen LogP contribution in [-0.2, 0) is 0 Å². The number of nitrogens with two attached hydrogens (primary N) is 1. The number of phenolic OH excluding ortho intramolecular Hbond substituents is 1. The number of rotatable bonds is 5. The number of ether oxygens (including phenoxy) is 1. The number of anilines is 1. The second kappa shape index (κ2) is 10.8. The molecule has 4 N–H and O–H groups in total. The number of terminal acetylenes is 1. The van der Waals surface area contributed by atoms with Gasteiger partial charge in [0, 0.05) is 49.2 Å². The fourth-order valence-electron chi connectivity index (χ4n) is 7.20. The molecule has 9 nitrogen and oxygen atoms in total. The van der Waals surface area contributed by atoms with Crippen LogP contribution in [0.4, 0.5) is 19.0 Å². The van der Waals surface area contributed by atoms with Crippen molar-refractivity contribution in [2.75, 3.05) is 37.7 Å². The van der Waals surface area contributed by atoms with E-state index in [4.69, 9.17) is 16.9 Å². The number of β-amino-alcohol motifs (C(OH)–C–C–N with tert-alkyl or cyclic N) is 1. The minimum absolute atomic E-state index is 0.0883. The number of hydrogen-bond donors (Lipinski definition) is 3. The van der Waals surface area contributed by atoms with Crippen LogP contribution in [-0.4, -0.2) is 86.7 Å². The van der Waals surface area contributed by atoms with E-state index in [0.29, 0.717) is 31.3 Å². The van der Waals surface area contributed by atoms with Crippen molar-refractivity contribution in [1.29, 1.82) is 0 Å². The summed E-state index contributed by atoms with van der Waals surface area (Å²) in [5.74, 6) is 0.900. The van der Waals surface area contributed by atoms with E-state index in [-0.39, 0.29) is 69.9 Å². The zero-order valence-corrected chi connectivity index (χ0v) is 23.8. The maximum absolute atomic E-state index is 16.7. The number of aliphatic hydroxyl groups excluding tert-OH is 1. The summed E-state index contributed by atoms with van der Waals surface area (Å²) in [5.41, 5.74) is 5.38. The molecule has 0 radical (unpaired) electrons. The molecule has 7 rings (SSSR count). The van der Waals surface area contributed by atoms with Crippen LogP contribution >= 0.6 is 0 Å². The molecule has 4 aromatic rings. The third-order valence-electron chi connectivity index (χ3n) is 9.09. The highest BCUT2D eigenvalue weighted by atomic mass is 19.1. The average Bonchev–Trinajstić information content (AvgIpc) is 3.51. The first-order valence-corrected chi connectivity index (χ1v) is 14.6. The number of halogens is 3. The molecule has 3 aliphatic rings.